The number of nitrogens with zero attached hydrogens (tertiary/aromatic N) is 2. The van der Waals surface area contributed by atoms with E-state index in [2.05, 4.69) is 15.7 Å². The van der Waals surface area contributed by atoms with E-state index in [0.29, 0.717) is 18.1 Å². The monoisotopic (exact) mass is 358 g/mol. The van der Waals surface area contributed by atoms with Crippen molar-refractivity contribution < 1.29 is 9.18 Å². The van der Waals surface area contributed by atoms with E-state index in [1.807, 2.05) is 13.2 Å². The summed E-state index contributed by atoms with van der Waals surface area (Å²) in [5.41, 5.74) is 1.15. The van der Waals surface area contributed by atoms with Crippen LogP contribution in [-0.2, 0) is 11.8 Å². The first-order valence-electron chi connectivity index (χ1n) is 7.00. The number of halogens is 3. The Kier molecular flexibility index (Phi) is 5.62. The molecule has 5 nitrogen and oxygen atoms in total. The lowest BCUT2D eigenvalue weighted by Crippen LogP contribution is -2.28. The number of aryl methyl sites for hydroxylation is 1. The Morgan fingerprint density at radius 2 is 2.26 bits per heavy atom. The van der Waals surface area contributed by atoms with Gasteiger partial charge in [0.1, 0.15) is 5.82 Å². The molecule has 0 aliphatic carbocycles. The van der Waals surface area contributed by atoms with E-state index >= 15 is 0 Å². The van der Waals surface area contributed by atoms with Gasteiger partial charge in [0, 0.05) is 37.3 Å². The molecule has 1 aliphatic rings. The maximum Gasteiger partial charge on any atom is 0.229 e. The van der Waals surface area contributed by atoms with Gasteiger partial charge in [0.15, 0.2) is 0 Å². The lowest BCUT2D eigenvalue weighted by atomic mass is 9.90. The Balaban J connectivity index is 0.00000192. The average molecular weight is 359 g/mol. The van der Waals surface area contributed by atoms with Gasteiger partial charge in [0.25, 0.3) is 0 Å². The van der Waals surface area contributed by atoms with Gasteiger partial charge in [-0.05, 0) is 23.8 Å². The van der Waals surface area contributed by atoms with E-state index in [1.165, 1.54) is 12.1 Å². The third-order valence-corrected chi connectivity index (χ3v) is 4.13. The summed E-state index contributed by atoms with van der Waals surface area (Å²) in [6.07, 6.45) is 3.67. The van der Waals surface area contributed by atoms with Crippen LogP contribution in [0.2, 0.25) is 5.02 Å². The molecule has 2 heterocycles. The molecule has 2 aromatic rings. The number of aromatic nitrogens is 2. The zero-order valence-corrected chi connectivity index (χ0v) is 14.0. The molecule has 124 valence electrons. The molecule has 0 unspecified atom stereocenters. The Hall–Kier alpha value is -1.63. The Labute approximate surface area is 144 Å². The van der Waals surface area contributed by atoms with Crippen molar-refractivity contribution in [3.8, 4) is 0 Å². The third-order valence-electron chi connectivity index (χ3n) is 3.89. The van der Waals surface area contributed by atoms with Crippen LogP contribution in [0.5, 0.6) is 0 Å². The van der Waals surface area contributed by atoms with Gasteiger partial charge in [-0.15, -0.1) is 12.4 Å². The van der Waals surface area contributed by atoms with Crippen molar-refractivity contribution in [3.05, 3.63) is 47.0 Å². The highest BCUT2D eigenvalue weighted by atomic mass is 35.5. The van der Waals surface area contributed by atoms with Crippen LogP contribution in [0.1, 0.15) is 11.5 Å². The summed E-state index contributed by atoms with van der Waals surface area (Å²) in [5.74, 6) is -0.979. The molecule has 1 fully saturated rings. The molecule has 1 aromatic carbocycles. The van der Waals surface area contributed by atoms with Crippen molar-refractivity contribution >= 4 is 35.6 Å². The largest absolute Gasteiger partial charge is 0.323 e. The van der Waals surface area contributed by atoms with Crippen LogP contribution < -0.4 is 10.6 Å². The number of amides is 1. The molecule has 23 heavy (non-hydrogen) atoms. The van der Waals surface area contributed by atoms with Gasteiger partial charge in [0.05, 0.1) is 17.8 Å². The minimum atomic E-state index is -0.537. The maximum absolute atomic E-state index is 13.8. The maximum atomic E-state index is 13.8. The first-order chi connectivity index (χ1) is 10.5. The van der Waals surface area contributed by atoms with Crippen molar-refractivity contribution in [3.63, 3.8) is 0 Å². The number of carbonyl (C=O) groups excluding carboxylic acids is 1. The molecule has 0 radical (unpaired) electrons. The summed E-state index contributed by atoms with van der Waals surface area (Å²) in [6, 6.07) is 4.20. The molecule has 0 saturated carbocycles. The number of benzene rings is 1. The summed E-state index contributed by atoms with van der Waals surface area (Å²) >= 11 is 5.71. The van der Waals surface area contributed by atoms with Crippen LogP contribution in [0.25, 0.3) is 0 Å². The molecule has 3 rings (SSSR count). The van der Waals surface area contributed by atoms with E-state index in [4.69, 9.17) is 11.6 Å². The average Bonchev–Trinajstić information content (AvgIpc) is 3.10. The van der Waals surface area contributed by atoms with Gasteiger partial charge in [-0.1, -0.05) is 11.6 Å². The number of anilines is 1. The Bertz CT molecular complexity index is 707. The highest BCUT2D eigenvalue weighted by Crippen LogP contribution is 2.29. The van der Waals surface area contributed by atoms with Gasteiger partial charge in [-0.3, -0.25) is 9.48 Å². The minimum absolute atomic E-state index is 0. The molecule has 1 aromatic heterocycles. The Morgan fingerprint density at radius 1 is 1.48 bits per heavy atom. The number of hydrogen-bond donors (Lipinski definition) is 2. The third kappa shape index (κ3) is 3.83. The summed E-state index contributed by atoms with van der Waals surface area (Å²) in [7, 11) is 1.84. The van der Waals surface area contributed by atoms with Gasteiger partial charge in [-0.25, -0.2) is 4.39 Å². The lowest BCUT2D eigenvalue weighted by Gasteiger charge is -2.17. The van der Waals surface area contributed by atoms with E-state index in [9.17, 15) is 9.18 Å². The predicted molar refractivity (Wildman–Crippen MR) is 89.6 cm³/mol. The molecule has 0 bridgehead atoms. The number of carbonyl (C=O) groups is 1. The van der Waals surface area contributed by atoms with Crippen LogP contribution in [0.3, 0.4) is 0 Å². The van der Waals surface area contributed by atoms with Crippen LogP contribution in [0.15, 0.2) is 30.6 Å². The van der Waals surface area contributed by atoms with Gasteiger partial charge in [0.2, 0.25) is 5.91 Å². The smallest absolute Gasteiger partial charge is 0.229 e. The zero-order chi connectivity index (χ0) is 15.7. The molecular formula is C15H17Cl2FN4O. The molecule has 1 amide bonds. The number of hydrogen-bond acceptors (Lipinski definition) is 3. The van der Waals surface area contributed by atoms with E-state index < -0.39 is 5.82 Å². The number of nitrogens with one attached hydrogen (secondary N) is 2. The highest BCUT2D eigenvalue weighted by molar-refractivity contribution is 6.30. The fourth-order valence-electron chi connectivity index (χ4n) is 2.75. The molecule has 1 saturated heterocycles. The van der Waals surface area contributed by atoms with Crippen molar-refractivity contribution in [2.24, 2.45) is 13.0 Å². The molecule has 1 aliphatic heterocycles. The molecular weight excluding hydrogens is 342 g/mol. The summed E-state index contributed by atoms with van der Waals surface area (Å²) < 4.78 is 15.5. The Morgan fingerprint density at radius 3 is 2.91 bits per heavy atom. The van der Waals surface area contributed by atoms with E-state index in [0.717, 1.165) is 5.56 Å². The zero-order valence-electron chi connectivity index (χ0n) is 12.4. The fourth-order valence-corrected chi connectivity index (χ4v) is 2.91. The van der Waals surface area contributed by atoms with Crippen molar-refractivity contribution in [2.75, 3.05) is 18.4 Å². The molecule has 0 spiro atoms. The highest BCUT2D eigenvalue weighted by Gasteiger charge is 2.34. The minimum Gasteiger partial charge on any atom is -0.323 e. The van der Waals surface area contributed by atoms with Crippen LogP contribution in [-0.4, -0.2) is 28.8 Å². The molecule has 2 atom stereocenters. The van der Waals surface area contributed by atoms with E-state index in [1.54, 1.807) is 16.9 Å². The first-order valence-corrected chi connectivity index (χ1v) is 7.37. The lowest BCUT2D eigenvalue weighted by molar-refractivity contribution is -0.119. The molecule has 8 heteroatoms. The van der Waals surface area contributed by atoms with Gasteiger partial charge in [-0.2, -0.15) is 5.10 Å². The van der Waals surface area contributed by atoms with Crippen LogP contribution in [0, 0.1) is 11.7 Å². The SMILES string of the molecule is Cl.Cn1cc([C@H]2CNC[C@@H]2C(=O)Nc2ccc(Cl)cc2F)cn1. The quantitative estimate of drug-likeness (QED) is 0.886. The van der Waals surface area contributed by atoms with Crippen molar-refractivity contribution in [1.29, 1.82) is 0 Å². The fraction of sp³-hybridized carbons (Fsp3) is 0.333. The van der Waals surface area contributed by atoms with Crippen LogP contribution >= 0.6 is 24.0 Å². The summed E-state index contributed by atoms with van der Waals surface area (Å²) in [6.45, 7) is 1.26. The summed E-state index contributed by atoms with van der Waals surface area (Å²) in [4.78, 5) is 12.5. The molecule has 2 N–H and O–H groups in total. The van der Waals surface area contributed by atoms with Crippen molar-refractivity contribution in [2.45, 2.75) is 5.92 Å². The second kappa shape index (κ2) is 7.29. The predicted octanol–water partition coefficient (Wildman–Crippen LogP) is 2.58. The summed E-state index contributed by atoms with van der Waals surface area (Å²) in [5, 5.41) is 10.3. The topological polar surface area (TPSA) is 59.0 Å². The number of rotatable bonds is 3. The first kappa shape index (κ1) is 17.7. The van der Waals surface area contributed by atoms with Crippen LogP contribution in [0.4, 0.5) is 10.1 Å². The van der Waals surface area contributed by atoms with E-state index in [-0.39, 0.29) is 35.8 Å². The normalized spacial score (nSPS) is 20.1. The second-order valence-corrected chi connectivity index (χ2v) is 5.87. The van der Waals surface area contributed by atoms with Gasteiger partial charge < -0.3 is 10.6 Å². The van der Waals surface area contributed by atoms with Crippen molar-refractivity contribution in [1.82, 2.24) is 15.1 Å². The van der Waals surface area contributed by atoms with Gasteiger partial charge >= 0.3 is 0 Å². The second-order valence-electron chi connectivity index (χ2n) is 5.43. The standard InChI is InChI=1S/C15H16ClFN4O.ClH/c1-21-8-9(5-19-21)11-6-18-7-12(11)15(22)20-14-3-2-10(16)4-13(14)17;/h2-5,8,11-12,18H,6-7H2,1H3,(H,20,22);1H/t11-,12+;/m1./s1.